The molecule has 1 N–H and O–H groups in total. The molecule has 5 nitrogen and oxygen atoms in total. The Morgan fingerprint density at radius 1 is 0.933 bits per heavy atom. The molecule has 0 atom stereocenters. The predicted molar refractivity (Wildman–Crippen MR) is 130 cm³/mol. The highest BCUT2D eigenvalue weighted by atomic mass is 127. The number of nitrogens with zero attached hydrogens (tertiary/aromatic N) is 2. The summed E-state index contributed by atoms with van der Waals surface area (Å²) in [4.78, 5) is 2.51. The van der Waals surface area contributed by atoms with Gasteiger partial charge in [-0.3, -0.25) is 0 Å². The van der Waals surface area contributed by atoms with Gasteiger partial charge in [-0.2, -0.15) is 13.5 Å². The third kappa shape index (κ3) is 4.13. The molecule has 7 heteroatoms. The highest BCUT2D eigenvalue weighted by Gasteiger charge is 2.14. The van der Waals surface area contributed by atoms with Crippen LogP contribution in [0.3, 0.4) is 0 Å². The zero-order chi connectivity index (χ0) is 21.3. The highest BCUT2D eigenvalue weighted by Crippen LogP contribution is 2.21. The van der Waals surface area contributed by atoms with Crippen molar-refractivity contribution in [1.82, 2.24) is 9.40 Å². The van der Waals surface area contributed by atoms with Gasteiger partial charge in [0.05, 0.1) is 11.1 Å². The summed E-state index contributed by atoms with van der Waals surface area (Å²) in [7, 11) is -3.75. The lowest BCUT2D eigenvalue weighted by atomic mass is 10.1. The number of hydrogen-bond donors (Lipinski definition) is 1. The van der Waals surface area contributed by atoms with Crippen LogP contribution in [0, 0.1) is 17.4 Å². The number of aromatic nitrogens is 1. The van der Waals surface area contributed by atoms with Crippen LogP contribution in [-0.2, 0) is 10.0 Å². The summed E-state index contributed by atoms with van der Waals surface area (Å²) in [6, 6.07) is 22.9. The fourth-order valence-electron chi connectivity index (χ4n) is 3.46. The molecular weight excluding hydrogens is 509 g/mol. The lowest BCUT2D eigenvalue weighted by Gasteiger charge is -2.09. The van der Waals surface area contributed by atoms with Crippen molar-refractivity contribution in [2.45, 2.75) is 18.7 Å². The van der Waals surface area contributed by atoms with Crippen LogP contribution in [0.4, 0.5) is 0 Å². The Hall–Kier alpha value is -2.65. The van der Waals surface area contributed by atoms with Crippen LogP contribution >= 0.6 is 22.6 Å². The molecule has 0 saturated heterocycles. The number of halogens is 1. The molecule has 0 spiro atoms. The molecule has 0 bridgehead atoms. The van der Waals surface area contributed by atoms with Crippen molar-refractivity contribution in [3.8, 4) is 5.69 Å². The number of benzene rings is 3. The van der Waals surface area contributed by atoms with E-state index < -0.39 is 10.0 Å². The van der Waals surface area contributed by atoms with Crippen molar-refractivity contribution in [2.24, 2.45) is 5.10 Å². The normalized spacial score (nSPS) is 12.0. The van der Waals surface area contributed by atoms with Crippen molar-refractivity contribution < 1.29 is 8.42 Å². The van der Waals surface area contributed by atoms with Crippen molar-refractivity contribution in [3.05, 3.63) is 93.3 Å². The molecule has 0 amide bonds. The Bertz CT molecular complexity index is 1360. The molecule has 0 unspecified atom stereocenters. The molecule has 4 aromatic rings. The number of hydrogen-bond acceptors (Lipinski definition) is 3. The first-order chi connectivity index (χ1) is 14.3. The van der Waals surface area contributed by atoms with Crippen LogP contribution in [0.25, 0.3) is 16.5 Å². The van der Waals surface area contributed by atoms with E-state index in [1.54, 1.807) is 24.4 Å². The monoisotopic (exact) mass is 529 g/mol. The van der Waals surface area contributed by atoms with Gasteiger partial charge in [-0.25, -0.2) is 4.83 Å². The number of hydrazone groups is 1. The van der Waals surface area contributed by atoms with Crippen molar-refractivity contribution in [1.29, 1.82) is 0 Å². The molecule has 0 fully saturated rings. The Labute approximate surface area is 189 Å². The van der Waals surface area contributed by atoms with Gasteiger partial charge in [0, 0.05) is 26.2 Å². The van der Waals surface area contributed by atoms with E-state index in [-0.39, 0.29) is 4.90 Å². The minimum absolute atomic E-state index is 0.183. The smallest absolute Gasteiger partial charge is 0.276 e. The zero-order valence-electron chi connectivity index (χ0n) is 16.5. The maximum absolute atomic E-state index is 12.6. The average molecular weight is 529 g/mol. The van der Waals surface area contributed by atoms with Crippen LogP contribution in [0.15, 0.2) is 82.8 Å². The van der Waals surface area contributed by atoms with Gasteiger partial charge in [0.15, 0.2) is 0 Å². The first-order valence-electron chi connectivity index (χ1n) is 9.34. The zero-order valence-corrected chi connectivity index (χ0v) is 19.5. The maximum atomic E-state index is 12.6. The van der Waals surface area contributed by atoms with Gasteiger partial charge in [0.25, 0.3) is 10.0 Å². The lowest BCUT2D eigenvalue weighted by Crippen LogP contribution is -2.18. The summed E-state index contributed by atoms with van der Waals surface area (Å²) in [5.74, 6) is 0. The summed E-state index contributed by atoms with van der Waals surface area (Å²) in [6.45, 7) is 4.01. The summed E-state index contributed by atoms with van der Waals surface area (Å²) in [6.07, 6.45) is 1.55. The minimum atomic E-state index is -3.75. The molecule has 3 aromatic carbocycles. The topological polar surface area (TPSA) is 63.5 Å². The first kappa shape index (κ1) is 20.6. The van der Waals surface area contributed by atoms with Crippen LogP contribution in [0.2, 0.25) is 0 Å². The number of nitrogens with one attached hydrogen (secondary N) is 1. The fraction of sp³-hybridized carbons (Fsp3) is 0.0870. The largest absolute Gasteiger partial charge is 0.318 e. The Morgan fingerprint density at radius 3 is 2.37 bits per heavy atom. The molecule has 0 aliphatic carbocycles. The van der Waals surface area contributed by atoms with E-state index in [1.807, 2.05) is 44.2 Å². The Kier molecular flexibility index (Phi) is 5.66. The van der Waals surface area contributed by atoms with E-state index in [0.717, 1.165) is 33.4 Å². The second kappa shape index (κ2) is 8.23. The van der Waals surface area contributed by atoms with Crippen molar-refractivity contribution in [2.75, 3.05) is 0 Å². The molecule has 1 heterocycles. The van der Waals surface area contributed by atoms with Gasteiger partial charge >= 0.3 is 0 Å². The van der Waals surface area contributed by atoms with E-state index in [4.69, 9.17) is 0 Å². The molecule has 152 valence electrons. The summed E-state index contributed by atoms with van der Waals surface area (Å²) >= 11 is 2.28. The van der Waals surface area contributed by atoms with Gasteiger partial charge in [-0.15, -0.1) is 0 Å². The predicted octanol–water partition coefficient (Wildman–Crippen LogP) is 5.16. The van der Waals surface area contributed by atoms with Gasteiger partial charge in [0.2, 0.25) is 0 Å². The van der Waals surface area contributed by atoms with Crippen LogP contribution < -0.4 is 4.83 Å². The lowest BCUT2D eigenvalue weighted by molar-refractivity contribution is 0.585. The van der Waals surface area contributed by atoms with E-state index >= 15 is 0 Å². The first-order valence-corrected chi connectivity index (χ1v) is 11.9. The van der Waals surface area contributed by atoms with Crippen LogP contribution in [0.1, 0.15) is 17.0 Å². The number of fused-ring (bicyclic) bond motifs is 1. The minimum Gasteiger partial charge on any atom is -0.318 e. The van der Waals surface area contributed by atoms with Crippen molar-refractivity contribution in [3.63, 3.8) is 0 Å². The van der Waals surface area contributed by atoms with Gasteiger partial charge in [-0.05, 0) is 89.7 Å². The third-order valence-corrected chi connectivity index (χ3v) is 6.90. The fourth-order valence-corrected chi connectivity index (χ4v) is 4.64. The Balaban J connectivity index is 1.58. The maximum Gasteiger partial charge on any atom is 0.276 e. The molecule has 0 aliphatic heterocycles. The van der Waals surface area contributed by atoms with Gasteiger partial charge < -0.3 is 4.57 Å². The molecular formula is C23H20IN3O2S. The second-order valence-electron chi connectivity index (χ2n) is 7.00. The summed E-state index contributed by atoms with van der Waals surface area (Å²) < 4.78 is 28.6. The van der Waals surface area contributed by atoms with E-state index in [2.05, 4.69) is 61.4 Å². The average Bonchev–Trinajstić information content (AvgIpc) is 3.01. The highest BCUT2D eigenvalue weighted by molar-refractivity contribution is 14.1. The standard InChI is InChI=1S/C23H20IN3O2S/c1-16-13-20(17(2)27(16)22-10-8-21(24)9-11-22)15-25-26-30(28,29)23-12-7-18-5-3-4-6-19(18)14-23/h3-15,26H,1-2H3. The number of aryl methyl sites for hydroxylation is 1. The van der Waals surface area contributed by atoms with Gasteiger partial charge in [-0.1, -0.05) is 30.3 Å². The summed E-state index contributed by atoms with van der Waals surface area (Å²) in [5, 5.41) is 5.87. The van der Waals surface area contributed by atoms with Gasteiger partial charge in [0.1, 0.15) is 0 Å². The number of rotatable bonds is 5. The molecule has 0 radical (unpaired) electrons. The second-order valence-corrected chi connectivity index (χ2v) is 9.91. The molecule has 1 aromatic heterocycles. The third-order valence-electron chi connectivity index (χ3n) is 4.96. The number of sulfonamides is 1. The van der Waals surface area contributed by atoms with E-state index in [1.165, 1.54) is 3.57 Å². The molecule has 4 rings (SSSR count). The van der Waals surface area contributed by atoms with Crippen LogP contribution in [-0.4, -0.2) is 19.2 Å². The summed E-state index contributed by atoms with van der Waals surface area (Å²) in [5.41, 5.74) is 3.95. The Morgan fingerprint density at radius 2 is 1.63 bits per heavy atom. The van der Waals surface area contributed by atoms with E-state index in [9.17, 15) is 8.42 Å². The van der Waals surface area contributed by atoms with Crippen LogP contribution in [0.5, 0.6) is 0 Å². The van der Waals surface area contributed by atoms with Crippen molar-refractivity contribution >= 4 is 49.6 Å². The molecule has 0 saturated carbocycles. The molecule has 0 aliphatic rings. The van der Waals surface area contributed by atoms with E-state index in [0.29, 0.717) is 0 Å². The molecule has 30 heavy (non-hydrogen) atoms. The quantitative estimate of drug-likeness (QED) is 0.221. The SMILES string of the molecule is Cc1cc(C=NNS(=O)(=O)c2ccc3ccccc3c2)c(C)n1-c1ccc(I)cc1.